The van der Waals surface area contributed by atoms with Crippen LogP contribution in [0.25, 0.3) is 11.6 Å². The number of phenolic OH excluding ortho intramolecular Hbond substituents is 1. The minimum absolute atomic E-state index is 0.136. The van der Waals surface area contributed by atoms with Gasteiger partial charge in [0.1, 0.15) is 17.9 Å². The third-order valence-electron chi connectivity index (χ3n) is 4.09. The molecule has 0 fully saturated rings. The molecule has 1 atom stereocenters. The van der Waals surface area contributed by atoms with Crippen molar-refractivity contribution in [1.82, 2.24) is 9.97 Å². The van der Waals surface area contributed by atoms with Gasteiger partial charge in [-0.2, -0.15) is 0 Å². The lowest BCUT2D eigenvalue weighted by Crippen LogP contribution is -2.09. The molecule has 0 aliphatic carbocycles. The summed E-state index contributed by atoms with van der Waals surface area (Å²) in [6, 6.07) is 17.6. The van der Waals surface area contributed by atoms with Crippen LogP contribution >= 0.6 is 0 Å². The van der Waals surface area contributed by atoms with Crippen molar-refractivity contribution in [2.75, 3.05) is 5.32 Å². The fraction of sp³-hybridized carbons (Fsp3) is 0.143. The minimum atomic E-state index is 0.136. The van der Waals surface area contributed by atoms with Crippen LogP contribution in [0.2, 0.25) is 0 Å². The first-order valence-corrected chi connectivity index (χ1v) is 8.22. The van der Waals surface area contributed by atoms with Gasteiger partial charge in [-0.1, -0.05) is 42.5 Å². The van der Waals surface area contributed by atoms with E-state index in [1.807, 2.05) is 43.3 Å². The number of aromatic hydroxyl groups is 1. The van der Waals surface area contributed by atoms with Gasteiger partial charge >= 0.3 is 0 Å². The third-order valence-corrected chi connectivity index (χ3v) is 4.09. The average molecular weight is 331 g/mol. The van der Waals surface area contributed by atoms with E-state index in [4.69, 9.17) is 0 Å². The Morgan fingerprint density at radius 1 is 1.08 bits per heavy atom. The van der Waals surface area contributed by atoms with Crippen molar-refractivity contribution in [3.8, 4) is 5.75 Å². The Bertz CT molecular complexity index is 858. The zero-order chi connectivity index (χ0) is 17.6. The van der Waals surface area contributed by atoms with E-state index in [0.29, 0.717) is 0 Å². The van der Waals surface area contributed by atoms with E-state index < -0.39 is 0 Å². The lowest BCUT2D eigenvalue weighted by molar-refractivity contribution is 0.475. The van der Waals surface area contributed by atoms with Gasteiger partial charge in [0, 0.05) is 17.8 Å². The highest BCUT2D eigenvalue weighted by molar-refractivity contribution is 5.83. The van der Waals surface area contributed by atoms with E-state index in [-0.39, 0.29) is 11.8 Å². The van der Waals surface area contributed by atoms with Gasteiger partial charge in [0.25, 0.3) is 0 Å². The molecule has 0 radical (unpaired) electrons. The quantitative estimate of drug-likeness (QED) is 0.697. The molecule has 0 bridgehead atoms. The Morgan fingerprint density at radius 2 is 1.80 bits per heavy atom. The molecule has 0 unspecified atom stereocenters. The van der Waals surface area contributed by atoms with Crippen LogP contribution in [0.4, 0.5) is 5.82 Å². The Hall–Kier alpha value is -3.14. The van der Waals surface area contributed by atoms with Crippen molar-refractivity contribution in [2.24, 2.45) is 0 Å². The molecule has 0 saturated heterocycles. The Labute approximate surface area is 147 Å². The smallest absolute Gasteiger partial charge is 0.137 e. The van der Waals surface area contributed by atoms with Crippen molar-refractivity contribution < 1.29 is 5.11 Å². The van der Waals surface area contributed by atoms with Crippen LogP contribution in [0.3, 0.4) is 0 Å². The van der Waals surface area contributed by atoms with Gasteiger partial charge in [-0.3, -0.25) is 0 Å². The fourth-order valence-corrected chi connectivity index (χ4v) is 2.64. The van der Waals surface area contributed by atoms with E-state index in [0.717, 1.165) is 22.5 Å². The molecule has 25 heavy (non-hydrogen) atoms. The van der Waals surface area contributed by atoms with Gasteiger partial charge in [-0.05, 0) is 48.8 Å². The van der Waals surface area contributed by atoms with Crippen molar-refractivity contribution in [3.63, 3.8) is 0 Å². The second-order valence-electron chi connectivity index (χ2n) is 5.98. The van der Waals surface area contributed by atoms with E-state index in [9.17, 15) is 5.11 Å². The van der Waals surface area contributed by atoms with Crippen LogP contribution in [-0.2, 0) is 0 Å². The largest absolute Gasteiger partial charge is 0.508 e. The predicted octanol–water partition coefficient (Wildman–Crippen LogP) is 4.92. The summed E-state index contributed by atoms with van der Waals surface area (Å²) in [4.78, 5) is 8.55. The van der Waals surface area contributed by atoms with Crippen LogP contribution in [-0.4, -0.2) is 15.1 Å². The van der Waals surface area contributed by atoms with Gasteiger partial charge in [0.2, 0.25) is 0 Å². The minimum Gasteiger partial charge on any atom is -0.508 e. The number of anilines is 1. The molecule has 2 N–H and O–H groups in total. The number of hydrogen-bond acceptors (Lipinski definition) is 4. The first-order valence-electron chi connectivity index (χ1n) is 8.22. The lowest BCUT2D eigenvalue weighted by atomic mass is 10.0. The van der Waals surface area contributed by atoms with Crippen molar-refractivity contribution >= 4 is 17.5 Å². The van der Waals surface area contributed by atoms with Gasteiger partial charge in [-0.15, -0.1) is 0 Å². The maximum absolute atomic E-state index is 9.43. The molecular formula is C21H21N3O. The molecule has 1 heterocycles. The lowest BCUT2D eigenvalue weighted by Gasteiger charge is -2.16. The summed E-state index contributed by atoms with van der Waals surface area (Å²) in [5.74, 6) is 1.06. The summed E-state index contributed by atoms with van der Waals surface area (Å²) in [6.07, 6.45) is 5.40. The standard InChI is InChI=1S/C21H21N3O/c1-15(17-8-10-20(25)11-9-17)12-19-13-22-14-23-21(19)24-16(2)18-6-4-3-5-7-18/h3-14,16,25H,1-2H3,(H,22,23,24)/b15-12+/t16-/m1/s1. The van der Waals surface area contributed by atoms with Crippen LogP contribution < -0.4 is 5.32 Å². The molecule has 0 aliphatic heterocycles. The molecule has 4 heteroatoms. The molecule has 0 amide bonds. The van der Waals surface area contributed by atoms with E-state index in [1.54, 1.807) is 24.7 Å². The highest BCUT2D eigenvalue weighted by atomic mass is 16.3. The summed E-state index contributed by atoms with van der Waals surface area (Å²) in [7, 11) is 0. The second-order valence-corrected chi connectivity index (χ2v) is 5.98. The number of benzene rings is 2. The van der Waals surface area contributed by atoms with Crippen LogP contribution in [0, 0.1) is 0 Å². The molecule has 3 aromatic rings. The van der Waals surface area contributed by atoms with Crippen LogP contribution in [0.5, 0.6) is 5.75 Å². The molecule has 0 spiro atoms. The number of nitrogens with zero attached hydrogens (tertiary/aromatic N) is 2. The third kappa shape index (κ3) is 4.23. The maximum atomic E-state index is 9.43. The summed E-state index contributed by atoms with van der Waals surface area (Å²) >= 11 is 0. The number of allylic oxidation sites excluding steroid dienone is 1. The Kier molecular flexibility index (Phi) is 5.09. The summed E-state index contributed by atoms with van der Waals surface area (Å²) in [5.41, 5.74) is 4.25. The summed E-state index contributed by atoms with van der Waals surface area (Å²) in [5, 5.41) is 12.9. The number of hydrogen-bond donors (Lipinski definition) is 2. The molecular weight excluding hydrogens is 310 g/mol. The zero-order valence-electron chi connectivity index (χ0n) is 14.3. The van der Waals surface area contributed by atoms with Gasteiger partial charge in [0.15, 0.2) is 0 Å². The van der Waals surface area contributed by atoms with Crippen molar-refractivity contribution in [1.29, 1.82) is 0 Å². The second kappa shape index (κ2) is 7.62. The van der Waals surface area contributed by atoms with Crippen LogP contribution in [0.15, 0.2) is 67.1 Å². The Balaban J connectivity index is 1.85. The highest BCUT2D eigenvalue weighted by Crippen LogP contribution is 2.25. The number of phenols is 1. The molecule has 126 valence electrons. The maximum Gasteiger partial charge on any atom is 0.137 e. The summed E-state index contributed by atoms with van der Waals surface area (Å²) in [6.45, 7) is 4.14. The van der Waals surface area contributed by atoms with Crippen LogP contribution in [0.1, 0.15) is 36.6 Å². The van der Waals surface area contributed by atoms with Crippen molar-refractivity contribution in [3.05, 3.63) is 83.8 Å². The zero-order valence-corrected chi connectivity index (χ0v) is 14.3. The molecule has 3 rings (SSSR count). The molecule has 4 nitrogen and oxygen atoms in total. The van der Waals surface area contributed by atoms with Crippen molar-refractivity contribution in [2.45, 2.75) is 19.9 Å². The number of rotatable bonds is 5. The van der Waals surface area contributed by atoms with Gasteiger partial charge < -0.3 is 10.4 Å². The van der Waals surface area contributed by atoms with E-state index >= 15 is 0 Å². The normalized spacial score (nSPS) is 12.6. The van der Waals surface area contributed by atoms with Gasteiger partial charge in [0.05, 0.1) is 0 Å². The topological polar surface area (TPSA) is 58.0 Å². The monoisotopic (exact) mass is 331 g/mol. The highest BCUT2D eigenvalue weighted by Gasteiger charge is 2.09. The first kappa shape index (κ1) is 16.7. The van der Waals surface area contributed by atoms with Gasteiger partial charge in [-0.25, -0.2) is 9.97 Å². The molecule has 2 aromatic carbocycles. The Morgan fingerprint density at radius 3 is 2.52 bits per heavy atom. The number of aromatic nitrogens is 2. The molecule has 0 saturated carbocycles. The predicted molar refractivity (Wildman–Crippen MR) is 102 cm³/mol. The first-order chi connectivity index (χ1) is 12.1. The molecule has 1 aromatic heterocycles. The van der Waals surface area contributed by atoms with E-state index in [2.05, 4.69) is 34.3 Å². The van der Waals surface area contributed by atoms with E-state index in [1.165, 1.54) is 5.56 Å². The number of nitrogens with one attached hydrogen (secondary N) is 1. The average Bonchev–Trinajstić information content (AvgIpc) is 2.64. The SMILES string of the molecule is C/C(=C\c1cncnc1N[C@H](C)c1ccccc1)c1ccc(O)cc1. The fourth-order valence-electron chi connectivity index (χ4n) is 2.64. The summed E-state index contributed by atoms with van der Waals surface area (Å²) < 4.78 is 0. The molecule has 0 aliphatic rings.